The molecular weight excluding hydrogens is 242 g/mol. The van der Waals surface area contributed by atoms with Gasteiger partial charge in [0.2, 0.25) is 0 Å². The van der Waals surface area contributed by atoms with E-state index >= 15 is 0 Å². The number of ether oxygens (including phenoxy) is 1. The number of methoxy groups -OCH3 is 1. The largest absolute Gasteiger partial charge is 0.496 e. The summed E-state index contributed by atoms with van der Waals surface area (Å²) < 4.78 is 5.52. The zero-order chi connectivity index (χ0) is 13.0. The van der Waals surface area contributed by atoms with Crippen LogP contribution in [0.3, 0.4) is 0 Å². The van der Waals surface area contributed by atoms with Gasteiger partial charge >= 0.3 is 0 Å². The molecule has 0 spiro atoms. The van der Waals surface area contributed by atoms with E-state index in [1.165, 1.54) is 16.0 Å². The lowest BCUT2D eigenvalue weighted by Crippen LogP contribution is -2.21. The van der Waals surface area contributed by atoms with Crippen LogP contribution in [-0.2, 0) is 0 Å². The third-order valence-electron chi connectivity index (χ3n) is 2.94. The van der Waals surface area contributed by atoms with E-state index in [0.717, 1.165) is 12.3 Å². The molecule has 0 fully saturated rings. The first-order chi connectivity index (χ1) is 8.76. The Morgan fingerprint density at radius 2 is 2.17 bits per heavy atom. The lowest BCUT2D eigenvalue weighted by atomic mass is 10.0. The van der Waals surface area contributed by atoms with Crippen molar-refractivity contribution >= 4 is 11.3 Å². The van der Waals surface area contributed by atoms with Crippen LogP contribution < -0.4 is 10.1 Å². The summed E-state index contributed by atoms with van der Waals surface area (Å²) in [5.41, 5.74) is 2.42. The maximum absolute atomic E-state index is 5.52. The smallest absolute Gasteiger partial charge is 0.124 e. The van der Waals surface area contributed by atoms with Crippen LogP contribution in [0.1, 0.15) is 29.0 Å². The molecule has 0 amide bonds. The minimum Gasteiger partial charge on any atom is -0.496 e. The van der Waals surface area contributed by atoms with Gasteiger partial charge in [-0.25, -0.2) is 0 Å². The van der Waals surface area contributed by atoms with Crippen LogP contribution in [-0.4, -0.2) is 13.7 Å². The molecule has 2 rings (SSSR count). The van der Waals surface area contributed by atoms with Gasteiger partial charge in [0, 0.05) is 10.4 Å². The number of rotatable bonds is 5. The Morgan fingerprint density at radius 1 is 1.33 bits per heavy atom. The molecule has 1 N–H and O–H groups in total. The van der Waals surface area contributed by atoms with E-state index in [4.69, 9.17) is 4.74 Å². The van der Waals surface area contributed by atoms with Gasteiger partial charge in [-0.2, -0.15) is 0 Å². The third-order valence-corrected chi connectivity index (χ3v) is 3.87. The van der Waals surface area contributed by atoms with Gasteiger partial charge in [-0.05, 0) is 36.5 Å². The summed E-state index contributed by atoms with van der Waals surface area (Å²) in [5.74, 6) is 0.953. The number of thiophene rings is 1. The number of nitrogens with one attached hydrogen (secondary N) is 1. The minimum absolute atomic E-state index is 0.213. The average molecular weight is 261 g/mol. The summed E-state index contributed by atoms with van der Waals surface area (Å²) in [5, 5.41) is 5.64. The number of aryl methyl sites for hydroxylation is 1. The van der Waals surface area contributed by atoms with Crippen LogP contribution in [0.15, 0.2) is 35.7 Å². The molecule has 0 saturated heterocycles. The highest BCUT2D eigenvalue weighted by Crippen LogP contribution is 2.32. The SMILES string of the molecule is CCNC(c1cccs1)c1ccc(C)cc1OC. The second kappa shape index (κ2) is 6.03. The molecule has 0 radical (unpaired) electrons. The molecule has 96 valence electrons. The molecule has 0 bridgehead atoms. The van der Waals surface area contributed by atoms with Crippen LogP contribution in [0.25, 0.3) is 0 Å². The van der Waals surface area contributed by atoms with Crippen molar-refractivity contribution in [2.75, 3.05) is 13.7 Å². The second-order valence-electron chi connectivity index (χ2n) is 4.25. The average Bonchev–Trinajstić information content (AvgIpc) is 2.90. The van der Waals surface area contributed by atoms with Gasteiger partial charge in [0.05, 0.1) is 13.2 Å². The monoisotopic (exact) mass is 261 g/mol. The Bertz CT molecular complexity index is 493. The predicted octanol–water partition coefficient (Wildman–Crippen LogP) is 3.76. The van der Waals surface area contributed by atoms with Crippen molar-refractivity contribution in [1.29, 1.82) is 0 Å². The highest BCUT2D eigenvalue weighted by atomic mass is 32.1. The number of hydrogen-bond donors (Lipinski definition) is 1. The Kier molecular flexibility index (Phi) is 4.39. The zero-order valence-electron chi connectivity index (χ0n) is 11.1. The third kappa shape index (κ3) is 2.74. The van der Waals surface area contributed by atoms with Crippen molar-refractivity contribution in [2.45, 2.75) is 19.9 Å². The van der Waals surface area contributed by atoms with E-state index in [9.17, 15) is 0 Å². The van der Waals surface area contributed by atoms with E-state index < -0.39 is 0 Å². The van der Waals surface area contributed by atoms with E-state index in [0.29, 0.717) is 0 Å². The van der Waals surface area contributed by atoms with E-state index in [2.05, 4.69) is 54.9 Å². The first-order valence-corrected chi connectivity index (χ1v) is 7.05. The maximum atomic E-state index is 5.52. The van der Waals surface area contributed by atoms with Gasteiger partial charge in [0.25, 0.3) is 0 Å². The summed E-state index contributed by atoms with van der Waals surface area (Å²) in [6, 6.07) is 10.8. The summed E-state index contributed by atoms with van der Waals surface area (Å²) >= 11 is 1.77. The lowest BCUT2D eigenvalue weighted by molar-refractivity contribution is 0.404. The molecular formula is C15H19NOS. The van der Waals surface area contributed by atoms with Crippen molar-refractivity contribution in [3.63, 3.8) is 0 Å². The highest BCUT2D eigenvalue weighted by molar-refractivity contribution is 7.10. The van der Waals surface area contributed by atoms with Gasteiger partial charge < -0.3 is 10.1 Å². The van der Waals surface area contributed by atoms with Crippen molar-refractivity contribution < 1.29 is 4.74 Å². The predicted molar refractivity (Wildman–Crippen MR) is 77.6 cm³/mol. The van der Waals surface area contributed by atoms with E-state index in [-0.39, 0.29) is 6.04 Å². The Balaban J connectivity index is 2.42. The van der Waals surface area contributed by atoms with Crippen LogP contribution in [0.2, 0.25) is 0 Å². The van der Waals surface area contributed by atoms with Crippen molar-refractivity contribution in [1.82, 2.24) is 5.32 Å². The first-order valence-electron chi connectivity index (χ1n) is 6.17. The fourth-order valence-corrected chi connectivity index (χ4v) is 2.90. The lowest BCUT2D eigenvalue weighted by Gasteiger charge is -2.20. The van der Waals surface area contributed by atoms with Gasteiger partial charge in [-0.1, -0.05) is 25.1 Å². The quantitative estimate of drug-likeness (QED) is 0.884. The standard InChI is InChI=1S/C15H19NOS/c1-4-16-15(14-6-5-9-18-14)12-8-7-11(2)10-13(12)17-3/h5-10,15-16H,4H2,1-3H3. The van der Waals surface area contributed by atoms with Crippen LogP contribution in [0.5, 0.6) is 5.75 Å². The van der Waals surface area contributed by atoms with Gasteiger partial charge in [-0.3, -0.25) is 0 Å². The summed E-state index contributed by atoms with van der Waals surface area (Å²) in [4.78, 5) is 1.32. The van der Waals surface area contributed by atoms with Crippen molar-refractivity contribution in [3.05, 3.63) is 51.7 Å². The number of hydrogen-bond acceptors (Lipinski definition) is 3. The molecule has 2 aromatic rings. The fraction of sp³-hybridized carbons (Fsp3) is 0.333. The molecule has 1 aromatic carbocycles. The number of benzene rings is 1. The highest BCUT2D eigenvalue weighted by Gasteiger charge is 2.18. The molecule has 0 saturated carbocycles. The van der Waals surface area contributed by atoms with Crippen LogP contribution in [0, 0.1) is 6.92 Å². The molecule has 0 aliphatic rings. The Morgan fingerprint density at radius 3 is 2.78 bits per heavy atom. The fourth-order valence-electron chi connectivity index (χ4n) is 2.08. The van der Waals surface area contributed by atoms with Crippen LogP contribution >= 0.6 is 11.3 Å². The summed E-state index contributed by atoms with van der Waals surface area (Å²) in [6.45, 7) is 5.14. The van der Waals surface area contributed by atoms with Crippen LogP contribution in [0.4, 0.5) is 0 Å². The Hall–Kier alpha value is -1.32. The molecule has 1 heterocycles. The molecule has 18 heavy (non-hydrogen) atoms. The molecule has 1 aromatic heterocycles. The molecule has 1 unspecified atom stereocenters. The first kappa shape index (κ1) is 13.1. The maximum Gasteiger partial charge on any atom is 0.124 e. The topological polar surface area (TPSA) is 21.3 Å². The van der Waals surface area contributed by atoms with Crippen molar-refractivity contribution in [3.8, 4) is 5.75 Å². The van der Waals surface area contributed by atoms with E-state index in [1.54, 1.807) is 18.4 Å². The minimum atomic E-state index is 0.213. The molecule has 3 heteroatoms. The zero-order valence-corrected chi connectivity index (χ0v) is 11.9. The molecule has 2 nitrogen and oxygen atoms in total. The molecule has 0 aliphatic heterocycles. The Labute approximate surface area is 113 Å². The summed E-state index contributed by atoms with van der Waals surface area (Å²) in [6.07, 6.45) is 0. The normalized spacial score (nSPS) is 12.4. The van der Waals surface area contributed by atoms with E-state index in [1.807, 2.05) is 0 Å². The van der Waals surface area contributed by atoms with Gasteiger partial charge in [-0.15, -0.1) is 11.3 Å². The second-order valence-corrected chi connectivity index (χ2v) is 5.23. The molecule has 0 aliphatic carbocycles. The van der Waals surface area contributed by atoms with Gasteiger partial charge in [0.1, 0.15) is 5.75 Å². The molecule has 1 atom stereocenters. The van der Waals surface area contributed by atoms with Crippen molar-refractivity contribution in [2.24, 2.45) is 0 Å². The summed E-state index contributed by atoms with van der Waals surface area (Å²) in [7, 11) is 1.73. The van der Waals surface area contributed by atoms with Gasteiger partial charge in [0.15, 0.2) is 0 Å².